The SMILES string of the molecule is CC(CCCNC(C)(C)C)n1cc(Cl)cn1. The van der Waals surface area contributed by atoms with Gasteiger partial charge in [-0.2, -0.15) is 5.10 Å². The molecule has 0 radical (unpaired) electrons. The molecule has 0 aliphatic carbocycles. The molecule has 1 aromatic heterocycles. The fourth-order valence-electron chi connectivity index (χ4n) is 1.55. The van der Waals surface area contributed by atoms with Crippen molar-refractivity contribution in [2.75, 3.05) is 6.54 Å². The van der Waals surface area contributed by atoms with Gasteiger partial charge in [0.25, 0.3) is 0 Å². The fraction of sp³-hybridized carbons (Fsp3) is 0.750. The third-order valence-corrected chi connectivity index (χ3v) is 2.67. The van der Waals surface area contributed by atoms with E-state index in [-0.39, 0.29) is 5.54 Å². The first-order valence-electron chi connectivity index (χ1n) is 5.83. The highest BCUT2D eigenvalue weighted by Crippen LogP contribution is 2.15. The average molecular weight is 244 g/mol. The van der Waals surface area contributed by atoms with Crippen LogP contribution in [0.5, 0.6) is 0 Å². The Morgan fingerprint density at radius 2 is 2.19 bits per heavy atom. The van der Waals surface area contributed by atoms with Crippen LogP contribution in [-0.2, 0) is 0 Å². The van der Waals surface area contributed by atoms with E-state index in [0.29, 0.717) is 11.1 Å². The Morgan fingerprint density at radius 3 is 2.69 bits per heavy atom. The maximum atomic E-state index is 5.83. The van der Waals surface area contributed by atoms with E-state index >= 15 is 0 Å². The molecule has 0 fully saturated rings. The summed E-state index contributed by atoms with van der Waals surface area (Å²) in [4.78, 5) is 0. The molecule has 1 aromatic rings. The summed E-state index contributed by atoms with van der Waals surface area (Å²) in [5, 5.41) is 8.39. The van der Waals surface area contributed by atoms with Gasteiger partial charge in [0.2, 0.25) is 0 Å². The van der Waals surface area contributed by atoms with Crippen molar-refractivity contribution in [3.05, 3.63) is 17.4 Å². The van der Waals surface area contributed by atoms with E-state index in [1.54, 1.807) is 6.20 Å². The van der Waals surface area contributed by atoms with Gasteiger partial charge in [0, 0.05) is 17.8 Å². The van der Waals surface area contributed by atoms with Crippen LogP contribution in [0.2, 0.25) is 5.02 Å². The summed E-state index contributed by atoms with van der Waals surface area (Å²) >= 11 is 5.83. The van der Waals surface area contributed by atoms with E-state index in [2.05, 4.69) is 38.1 Å². The van der Waals surface area contributed by atoms with Crippen LogP contribution < -0.4 is 5.32 Å². The Bertz CT molecular complexity index is 314. The van der Waals surface area contributed by atoms with E-state index < -0.39 is 0 Å². The Morgan fingerprint density at radius 1 is 1.50 bits per heavy atom. The quantitative estimate of drug-likeness (QED) is 0.805. The van der Waals surface area contributed by atoms with Crippen LogP contribution in [0.3, 0.4) is 0 Å². The van der Waals surface area contributed by atoms with Crippen LogP contribution in [-0.4, -0.2) is 21.9 Å². The van der Waals surface area contributed by atoms with Crippen molar-refractivity contribution in [2.24, 2.45) is 0 Å². The summed E-state index contributed by atoms with van der Waals surface area (Å²) in [7, 11) is 0. The smallest absolute Gasteiger partial charge is 0.0785 e. The van der Waals surface area contributed by atoms with Crippen LogP contribution in [0.15, 0.2) is 12.4 Å². The van der Waals surface area contributed by atoms with Crippen LogP contribution >= 0.6 is 11.6 Å². The molecule has 0 spiro atoms. The van der Waals surface area contributed by atoms with E-state index in [1.807, 2.05) is 10.9 Å². The van der Waals surface area contributed by atoms with E-state index in [4.69, 9.17) is 11.6 Å². The maximum absolute atomic E-state index is 5.83. The van der Waals surface area contributed by atoms with Crippen LogP contribution in [0.4, 0.5) is 0 Å². The number of nitrogens with zero attached hydrogens (tertiary/aromatic N) is 2. The molecule has 0 aromatic carbocycles. The van der Waals surface area contributed by atoms with Gasteiger partial charge >= 0.3 is 0 Å². The summed E-state index contributed by atoms with van der Waals surface area (Å²) in [6.07, 6.45) is 5.83. The van der Waals surface area contributed by atoms with Crippen molar-refractivity contribution in [3.63, 3.8) is 0 Å². The van der Waals surface area contributed by atoms with Gasteiger partial charge in [0.05, 0.1) is 11.2 Å². The predicted molar refractivity (Wildman–Crippen MR) is 68.9 cm³/mol. The Labute approximate surface area is 103 Å². The number of hydrogen-bond acceptors (Lipinski definition) is 2. The lowest BCUT2D eigenvalue weighted by Crippen LogP contribution is -2.36. The maximum Gasteiger partial charge on any atom is 0.0785 e. The Balaban J connectivity index is 2.23. The van der Waals surface area contributed by atoms with E-state index in [1.165, 1.54) is 0 Å². The molecule has 0 saturated carbocycles. The van der Waals surface area contributed by atoms with Crippen LogP contribution in [0, 0.1) is 0 Å². The van der Waals surface area contributed by atoms with E-state index in [9.17, 15) is 0 Å². The van der Waals surface area contributed by atoms with Crippen molar-refractivity contribution < 1.29 is 0 Å². The molecule has 0 aliphatic rings. The third kappa shape index (κ3) is 4.99. The third-order valence-electron chi connectivity index (χ3n) is 2.48. The summed E-state index contributed by atoms with van der Waals surface area (Å²) < 4.78 is 1.93. The van der Waals surface area contributed by atoms with Crippen molar-refractivity contribution in [3.8, 4) is 0 Å². The molecule has 1 unspecified atom stereocenters. The Hall–Kier alpha value is -0.540. The van der Waals surface area contributed by atoms with Gasteiger partial charge in [-0.3, -0.25) is 4.68 Å². The minimum Gasteiger partial charge on any atom is -0.312 e. The molecule has 1 N–H and O–H groups in total. The lowest BCUT2D eigenvalue weighted by atomic mass is 10.1. The van der Waals surface area contributed by atoms with Gasteiger partial charge in [0.1, 0.15) is 0 Å². The van der Waals surface area contributed by atoms with Crippen molar-refractivity contribution in [2.45, 2.75) is 52.1 Å². The number of aromatic nitrogens is 2. The molecule has 0 aliphatic heterocycles. The molecule has 0 bridgehead atoms. The highest BCUT2D eigenvalue weighted by atomic mass is 35.5. The van der Waals surface area contributed by atoms with Crippen LogP contribution in [0.25, 0.3) is 0 Å². The monoisotopic (exact) mass is 243 g/mol. The zero-order valence-corrected chi connectivity index (χ0v) is 11.4. The largest absolute Gasteiger partial charge is 0.312 e. The molecule has 92 valence electrons. The molecule has 1 rings (SSSR count). The van der Waals surface area contributed by atoms with Gasteiger partial charge in [-0.15, -0.1) is 0 Å². The molecule has 1 heterocycles. The standard InChI is InChI=1S/C12H22ClN3/c1-10(16-9-11(13)8-15-16)6-5-7-14-12(2,3)4/h8-10,14H,5-7H2,1-4H3. The fourth-order valence-corrected chi connectivity index (χ4v) is 1.69. The summed E-state index contributed by atoms with van der Waals surface area (Å²) in [5.41, 5.74) is 0.207. The molecule has 0 amide bonds. The molecular weight excluding hydrogens is 222 g/mol. The van der Waals surface area contributed by atoms with Gasteiger partial charge in [0.15, 0.2) is 0 Å². The van der Waals surface area contributed by atoms with Gasteiger partial charge in [-0.25, -0.2) is 0 Å². The molecule has 16 heavy (non-hydrogen) atoms. The highest BCUT2D eigenvalue weighted by Gasteiger charge is 2.09. The summed E-state index contributed by atoms with van der Waals surface area (Å²) in [5.74, 6) is 0. The van der Waals surface area contributed by atoms with Gasteiger partial charge in [-0.1, -0.05) is 11.6 Å². The van der Waals surface area contributed by atoms with Crippen LogP contribution in [0.1, 0.15) is 46.6 Å². The second-order valence-electron chi connectivity index (χ2n) is 5.31. The molecule has 3 nitrogen and oxygen atoms in total. The first-order chi connectivity index (χ1) is 7.38. The number of nitrogens with one attached hydrogen (secondary N) is 1. The second kappa shape index (κ2) is 5.69. The van der Waals surface area contributed by atoms with Crippen molar-refractivity contribution in [1.82, 2.24) is 15.1 Å². The minimum atomic E-state index is 0.207. The van der Waals surface area contributed by atoms with Crippen molar-refractivity contribution in [1.29, 1.82) is 0 Å². The summed E-state index contributed by atoms with van der Waals surface area (Å²) in [6.45, 7) is 9.76. The summed E-state index contributed by atoms with van der Waals surface area (Å²) in [6, 6.07) is 0.411. The highest BCUT2D eigenvalue weighted by molar-refractivity contribution is 6.30. The lowest BCUT2D eigenvalue weighted by molar-refractivity contribution is 0.390. The first-order valence-corrected chi connectivity index (χ1v) is 6.21. The molecule has 4 heteroatoms. The zero-order chi connectivity index (χ0) is 12.2. The lowest BCUT2D eigenvalue weighted by Gasteiger charge is -2.21. The Kier molecular flexibility index (Phi) is 4.81. The van der Waals surface area contributed by atoms with E-state index in [0.717, 1.165) is 19.4 Å². The van der Waals surface area contributed by atoms with Crippen molar-refractivity contribution >= 4 is 11.6 Å². The topological polar surface area (TPSA) is 29.9 Å². The first kappa shape index (κ1) is 13.5. The normalized spacial score (nSPS) is 14.1. The van der Waals surface area contributed by atoms with Gasteiger partial charge in [-0.05, 0) is 47.1 Å². The molecular formula is C12H22ClN3. The molecule has 1 atom stereocenters. The van der Waals surface area contributed by atoms with Gasteiger partial charge < -0.3 is 5.32 Å². The molecule has 0 saturated heterocycles. The average Bonchev–Trinajstić information content (AvgIpc) is 2.57. The number of rotatable bonds is 5. The second-order valence-corrected chi connectivity index (χ2v) is 5.74. The number of hydrogen-bond donors (Lipinski definition) is 1. The number of halogens is 1. The zero-order valence-electron chi connectivity index (χ0n) is 10.6. The predicted octanol–water partition coefficient (Wildman–Crippen LogP) is 3.27. The minimum absolute atomic E-state index is 0.207.